The molecule has 0 N–H and O–H groups in total. The highest BCUT2D eigenvalue weighted by Crippen LogP contribution is 2.36. The van der Waals surface area contributed by atoms with Crippen LogP contribution in [0.5, 0.6) is 0 Å². The Morgan fingerprint density at radius 2 is 1.83 bits per heavy atom. The van der Waals surface area contributed by atoms with Crippen LogP contribution in [0, 0.1) is 0 Å². The Bertz CT molecular complexity index is 474. The number of carbonyl (C=O) groups excluding carboxylic acids is 1. The second-order valence-corrected chi connectivity index (χ2v) is 5.67. The molecular weight excluding hydrogens is 252 g/mol. The van der Waals surface area contributed by atoms with Crippen LogP contribution in [0.25, 0.3) is 0 Å². The van der Waals surface area contributed by atoms with E-state index < -0.39 is 18.3 Å². The summed E-state index contributed by atoms with van der Waals surface area (Å²) in [5.74, 6) is 0. The largest absolute Gasteiger partial charge is 0.495 e. The molecule has 2 rings (SSSR count). The van der Waals surface area contributed by atoms with Crippen LogP contribution in [0.3, 0.4) is 0 Å². The number of pyridine rings is 1. The van der Waals surface area contributed by atoms with Crippen LogP contribution in [0.1, 0.15) is 38.1 Å². The Labute approximate surface area is 112 Å². The number of rotatable bonds is 2. The van der Waals surface area contributed by atoms with Crippen molar-refractivity contribution in [1.29, 1.82) is 0 Å². The van der Waals surface area contributed by atoms with E-state index in [0.29, 0.717) is 17.3 Å². The van der Waals surface area contributed by atoms with Gasteiger partial charge < -0.3 is 9.31 Å². The lowest BCUT2D eigenvalue weighted by molar-refractivity contribution is 0.00578. The molecule has 1 aliphatic rings. The van der Waals surface area contributed by atoms with Crippen molar-refractivity contribution in [3.05, 3.63) is 23.0 Å². The highest BCUT2D eigenvalue weighted by molar-refractivity contribution is 6.64. The van der Waals surface area contributed by atoms with E-state index in [1.54, 1.807) is 6.07 Å². The van der Waals surface area contributed by atoms with Gasteiger partial charge in [-0.2, -0.15) is 0 Å². The van der Waals surface area contributed by atoms with Crippen LogP contribution in [0.2, 0.25) is 5.15 Å². The highest BCUT2D eigenvalue weighted by atomic mass is 35.5. The molecule has 0 spiro atoms. The molecule has 0 radical (unpaired) electrons. The number of hydrogen-bond donors (Lipinski definition) is 0. The maximum atomic E-state index is 11.1. The van der Waals surface area contributed by atoms with Crippen molar-refractivity contribution in [1.82, 2.24) is 4.98 Å². The average molecular weight is 268 g/mol. The van der Waals surface area contributed by atoms with Crippen LogP contribution < -0.4 is 5.46 Å². The first kappa shape index (κ1) is 13.5. The number of aldehydes is 1. The summed E-state index contributed by atoms with van der Waals surface area (Å²) < 4.78 is 11.8. The van der Waals surface area contributed by atoms with Gasteiger partial charge in [-0.1, -0.05) is 11.6 Å². The lowest BCUT2D eigenvalue weighted by Gasteiger charge is -2.32. The first-order valence-electron chi connectivity index (χ1n) is 5.74. The van der Waals surface area contributed by atoms with Gasteiger partial charge in [-0.15, -0.1) is 0 Å². The smallest absolute Gasteiger partial charge is 0.399 e. The van der Waals surface area contributed by atoms with Crippen molar-refractivity contribution in [3.8, 4) is 0 Å². The van der Waals surface area contributed by atoms with Gasteiger partial charge >= 0.3 is 7.12 Å². The Morgan fingerprint density at radius 1 is 1.28 bits per heavy atom. The molecule has 0 unspecified atom stereocenters. The summed E-state index contributed by atoms with van der Waals surface area (Å²) in [4.78, 5) is 15.0. The average Bonchev–Trinajstić information content (AvgIpc) is 2.47. The third kappa shape index (κ3) is 2.07. The fourth-order valence-corrected chi connectivity index (χ4v) is 1.96. The maximum absolute atomic E-state index is 11.1. The van der Waals surface area contributed by atoms with Crippen molar-refractivity contribution in [2.75, 3.05) is 0 Å². The third-order valence-electron chi connectivity index (χ3n) is 3.60. The normalized spacial score (nSPS) is 21.1. The predicted molar refractivity (Wildman–Crippen MR) is 70.4 cm³/mol. The summed E-state index contributed by atoms with van der Waals surface area (Å²) in [6.07, 6.45) is 2.21. The summed E-state index contributed by atoms with van der Waals surface area (Å²) >= 11 is 5.90. The Kier molecular flexibility index (Phi) is 3.26. The molecule has 6 heteroatoms. The summed E-state index contributed by atoms with van der Waals surface area (Å²) in [6.45, 7) is 7.82. The molecule has 96 valence electrons. The molecule has 18 heavy (non-hydrogen) atoms. The topological polar surface area (TPSA) is 48.4 Å². The van der Waals surface area contributed by atoms with Gasteiger partial charge in [-0.3, -0.25) is 4.79 Å². The van der Waals surface area contributed by atoms with Crippen molar-refractivity contribution in [3.63, 3.8) is 0 Å². The first-order valence-corrected chi connectivity index (χ1v) is 6.11. The summed E-state index contributed by atoms with van der Waals surface area (Å²) in [5.41, 5.74) is 0.0301. The van der Waals surface area contributed by atoms with E-state index in [1.165, 1.54) is 6.20 Å². The highest BCUT2D eigenvalue weighted by Gasteiger charge is 2.52. The van der Waals surface area contributed by atoms with E-state index in [-0.39, 0.29) is 5.15 Å². The molecule has 0 saturated carbocycles. The second kappa shape index (κ2) is 4.33. The number of carbonyl (C=O) groups is 1. The van der Waals surface area contributed by atoms with Crippen LogP contribution >= 0.6 is 11.6 Å². The quantitative estimate of drug-likeness (QED) is 0.466. The number of nitrogens with zero attached hydrogens (tertiary/aromatic N) is 1. The maximum Gasteiger partial charge on any atom is 0.495 e. The van der Waals surface area contributed by atoms with Gasteiger partial charge in [0.1, 0.15) is 5.15 Å². The molecule has 1 fully saturated rings. The fraction of sp³-hybridized carbons (Fsp3) is 0.500. The van der Waals surface area contributed by atoms with Gasteiger partial charge in [0.2, 0.25) is 0 Å². The molecule has 0 aliphatic carbocycles. The van der Waals surface area contributed by atoms with Crippen LogP contribution in [-0.4, -0.2) is 29.6 Å². The van der Waals surface area contributed by atoms with Crippen LogP contribution in [0.4, 0.5) is 0 Å². The molecule has 0 amide bonds. The van der Waals surface area contributed by atoms with Gasteiger partial charge in [0, 0.05) is 6.20 Å². The van der Waals surface area contributed by atoms with Crippen molar-refractivity contribution in [2.24, 2.45) is 0 Å². The molecule has 1 saturated heterocycles. The predicted octanol–water partition coefficient (Wildman–Crippen LogP) is 1.85. The number of hydrogen-bond acceptors (Lipinski definition) is 4. The van der Waals surface area contributed by atoms with Crippen molar-refractivity contribution < 1.29 is 14.1 Å². The van der Waals surface area contributed by atoms with E-state index in [1.807, 2.05) is 27.7 Å². The van der Waals surface area contributed by atoms with Crippen molar-refractivity contribution in [2.45, 2.75) is 38.9 Å². The molecular formula is C12H15BClNO3. The monoisotopic (exact) mass is 267 g/mol. The molecule has 1 aromatic heterocycles. The first-order chi connectivity index (χ1) is 8.28. The van der Waals surface area contributed by atoms with Crippen LogP contribution in [-0.2, 0) is 9.31 Å². The Morgan fingerprint density at radius 3 is 2.33 bits per heavy atom. The van der Waals surface area contributed by atoms with E-state index >= 15 is 0 Å². The van der Waals surface area contributed by atoms with E-state index in [0.717, 1.165) is 0 Å². The van der Waals surface area contributed by atoms with Gasteiger partial charge in [0.15, 0.2) is 6.29 Å². The van der Waals surface area contributed by atoms with E-state index in [9.17, 15) is 4.79 Å². The minimum atomic E-state index is -0.601. The van der Waals surface area contributed by atoms with Gasteiger partial charge in [-0.25, -0.2) is 4.98 Å². The zero-order valence-electron chi connectivity index (χ0n) is 10.9. The molecule has 1 aliphatic heterocycles. The lowest BCUT2D eigenvalue weighted by atomic mass is 9.77. The van der Waals surface area contributed by atoms with Gasteiger partial charge in [0.25, 0.3) is 0 Å². The minimum absolute atomic E-state index is 0.164. The summed E-state index contributed by atoms with van der Waals surface area (Å²) in [7, 11) is -0.601. The molecule has 2 heterocycles. The van der Waals surface area contributed by atoms with Gasteiger partial charge in [-0.05, 0) is 39.2 Å². The third-order valence-corrected chi connectivity index (χ3v) is 3.90. The number of halogens is 1. The van der Waals surface area contributed by atoms with Crippen LogP contribution in [0.15, 0.2) is 12.3 Å². The summed E-state index contributed by atoms with van der Waals surface area (Å²) in [5, 5.41) is 0.164. The zero-order valence-corrected chi connectivity index (χ0v) is 11.6. The minimum Gasteiger partial charge on any atom is -0.399 e. The molecule has 0 bridgehead atoms. The second-order valence-electron chi connectivity index (χ2n) is 5.31. The Balaban J connectivity index is 2.41. The van der Waals surface area contributed by atoms with Crippen molar-refractivity contribution >= 4 is 30.5 Å². The molecule has 0 atom stereocenters. The lowest BCUT2D eigenvalue weighted by Crippen LogP contribution is -2.41. The van der Waals surface area contributed by atoms with Gasteiger partial charge in [0.05, 0.1) is 16.8 Å². The van der Waals surface area contributed by atoms with E-state index in [2.05, 4.69) is 4.98 Å². The Hall–Kier alpha value is -0.905. The zero-order chi connectivity index (χ0) is 13.6. The molecule has 0 aromatic carbocycles. The standard InChI is InChI=1S/C12H15BClNO3/c1-11(2)12(3,4)18-13(17-11)9-5-6-15-10(14)8(9)7-16/h5-7H,1-4H3. The molecule has 4 nitrogen and oxygen atoms in total. The molecule has 1 aromatic rings. The van der Waals surface area contributed by atoms with E-state index in [4.69, 9.17) is 20.9 Å². The number of aromatic nitrogens is 1. The summed E-state index contributed by atoms with van der Waals surface area (Å²) in [6, 6.07) is 1.69. The SMILES string of the molecule is CC1(C)OB(c2ccnc(Cl)c2C=O)OC1(C)C. The fourth-order valence-electron chi connectivity index (χ4n) is 1.75.